The Hall–Kier alpha value is -1.92. The van der Waals surface area contributed by atoms with Crippen LogP contribution in [0.4, 0.5) is 0 Å². The maximum atomic E-state index is 9.25. The van der Waals surface area contributed by atoms with Gasteiger partial charge in [-0.3, -0.25) is 0 Å². The van der Waals surface area contributed by atoms with Crippen molar-refractivity contribution in [3.63, 3.8) is 0 Å². The Morgan fingerprint density at radius 1 is 1.30 bits per heavy atom. The lowest BCUT2D eigenvalue weighted by molar-refractivity contribution is 0.246. The summed E-state index contributed by atoms with van der Waals surface area (Å²) in [5.41, 5.74) is 2.36. The molecule has 108 valence electrons. The Kier molecular flexibility index (Phi) is 5.09. The lowest BCUT2D eigenvalue weighted by Gasteiger charge is -2.09. The van der Waals surface area contributed by atoms with Crippen LogP contribution in [0.2, 0.25) is 0 Å². The normalized spacial score (nSPS) is 10.8. The molecule has 0 saturated heterocycles. The van der Waals surface area contributed by atoms with E-state index in [1.54, 1.807) is 4.68 Å². The Bertz CT molecular complexity index is 554. The summed E-state index contributed by atoms with van der Waals surface area (Å²) in [6.07, 6.45) is 0.948. The first-order valence-corrected chi connectivity index (χ1v) is 6.63. The van der Waals surface area contributed by atoms with Gasteiger partial charge < -0.3 is 14.9 Å². The lowest BCUT2D eigenvalue weighted by atomic mass is 10.2. The largest absolute Gasteiger partial charge is 0.487 e. The lowest BCUT2D eigenvalue weighted by Crippen LogP contribution is -2.11. The molecule has 0 aliphatic rings. The molecule has 6 nitrogen and oxygen atoms in total. The molecular formula is C14H19N3O3. The van der Waals surface area contributed by atoms with Crippen molar-refractivity contribution >= 4 is 0 Å². The molecule has 20 heavy (non-hydrogen) atoms. The molecule has 2 aromatic rings. The zero-order valence-electron chi connectivity index (χ0n) is 11.5. The van der Waals surface area contributed by atoms with Crippen molar-refractivity contribution in [3.05, 3.63) is 41.2 Å². The second-order valence-corrected chi connectivity index (χ2v) is 4.38. The summed E-state index contributed by atoms with van der Waals surface area (Å²) in [6, 6.07) is 7.87. The summed E-state index contributed by atoms with van der Waals surface area (Å²) in [5, 5.41) is 26.0. The number of hydrogen-bond donors (Lipinski definition) is 2. The van der Waals surface area contributed by atoms with Gasteiger partial charge in [-0.05, 0) is 24.1 Å². The first-order valence-electron chi connectivity index (χ1n) is 6.63. The van der Waals surface area contributed by atoms with Gasteiger partial charge in [0.1, 0.15) is 23.7 Å². The molecule has 6 heteroatoms. The van der Waals surface area contributed by atoms with Crippen molar-refractivity contribution in [2.75, 3.05) is 6.61 Å². The fourth-order valence-electron chi connectivity index (χ4n) is 1.93. The van der Waals surface area contributed by atoms with Gasteiger partial charge in [-0.2, -0.15) is 0 Å². The number of aliphatic hydroxyl groups is 2. The van der Waals surface area contributed by atoms with Crippen molar-refractivity contribution in [1.82, 2.24) is 15.0 Å². The molecule has 2 rings (SSSR count). The highest BCUT2D eigenvalue weighted by Crippen LogP contribution is 2.16. The Morgan fingerprint density at radius 3 is 2.85 bits per heavy atom. The van der Waals surface area contributed by atoms with E-state index >= 15 is 0 Å². The first-order chi connectivity index (χ1) is 9.78. The number of aliphatic hydroxyl groups excluding tert-OH is 2. The van der Waals surface area contributed by atoms with E-state index in [0.29, 0.717) is 17.9 Å². The molecule has 1 aromatic carbocycles. The zero-order valence-corrected chi connectivity index (χ0v) is 11.5. The van der Waals surface area contributed by atoms with Crippen LogP contribution >= 0.6 is 0 Å². The van der Waals surface area contributed by atoms with Crippen LogP contribution in [0.5, 0.6) is 5.75 Å². The highest BCUT2D eigenvalue weighted by molar-refractivity contribution is 5.28. The van der Waals surface area contributed by atoms with E-state index < -0.39 is 0 Å². The minimum absolute atomic E-state index is 0.0352. The van der Waals surface area contributed by atoms with Crippen LogP contribution in [0.25, 0.3) is 0 Å². The monoisotopic (exact) mass is 277 g/mol. The second kappa shape index (κ2) is 7.02. The predicted molar refractivity (Wildman–Crippen MR) is 73.2 cm³/mol. The highest BCUT2D eigenvalue weighted by atomic mass is 16.5. The number of benzene rings is 1. The summed E-state index contributed by atoms with van der Waals surface area (Å²) in [6.45, 7) is 2.45. The third kappa shape index (κ3) is 3.34. The van der Waals surface area contributed by atoms with Crippen LogP contribution in [0, 0.1) is 0 Å². The van der Waals surface area contributed by atoms with Crippen molar-refractivity contribution in [2.24, 2.45) is 0 Å². The van der Waals surface area contributed by atoms with Gasteiger partial charge in [-0.25, -0.2) is 4.68 Å². The van der Waals surface area contributed by atoms with Crippen molar-refractivity contribution in [3.8, 4) is 5.75 Å². The third-order valence-electron chi connectivity index (χ3n) is 3.06. The maximum Gasteiger partial charge on any atom is 0.132 e. The molecule has 0 bridgehead atoms. The quantitative estimate of drug-likeness (QED) is 0.786. The zero-order chi connectivity index (χ0) is 14.4. The van der Waals surface area contributed by atoms with E-state index in [0.717, 1.165) is 12.2 Å². The summed E-state index contributed by atoms with van der Waals surface area (Å²) in [7, 11) is 0. The third-order valence-corrected chi connectivity index (χ3v) is 3.06. The molecule has 0 fully saturated rings. The van der Waals surface area contributed by atoms with Crippen molar-refractivity contribution in [2.45, 2.75) is 33.1 Å². The predicted octanol–water partition coefficient (Wildman–Crippen LogP) is 0.904. The van der Waals surface area contributed by atoms with Gasteiger partial charge in [0.2, 0.25) is 0 Å². The minimum atomic E-state index is -0.195. The molecule has 1 heterocycles. The minimum Gasteiger partial charge on any atom is -0.487 e. The van der Waals surface area contributed by atoms with Gasteiger partial charge in [-0.15, -0.1) is 5.10 Å². The molecule has 2 N–H and O–H groups in total. The molecule has 1 aromatic heterocycles. The van der Waals surface area contributed by atoms with E-state index in [9.17, 15) is 5.11 Å². The smallest absolute Gasteiger partial charge is 0.132 e. The van der Waals surface area contributed by atoms with Gasteiger partial charge in [0.05, 0.1) is 19.8 Å². The highest BCUT2D eigenvalue weighted by Gasteiger charge is 2.12. The molecule has 0 unspecified atom stereocenters. The van der Waals surface area contributed by atoms with Crippen LogP contribution in [0.1, 0.15) is 23.9 Å². The van der Waals surface area contributed by atoms with Crippen LogP contribution in [-0.2, 0) is 26.2 Å². The topological polar surface area (TPSA) is 80.4 Å². The van der Waals surface area contributed by atoms with Gasteiger partial charge in [0.15, 0.2) is 0 Å². The number of ether oxygens (including phenoxy) is 1. The van der Waals surface area contributed by atoms with Gasteiger partial charge >= 0.3 is 0 Å². The maximum absolute atomic E-state index is 9.25. The van der Waals surface area contributed by atoms with Gasteiger partial charge in [-0.1, -0.05) is 24.3 Å². The Morgan fingerprint density at radius 2 is 2.15 bits per heavy atom. The van der Waals surface area contributed by atoms with Gasteiger partial charge in [0.25, 0.3) is 0 Å². The van der Waals surface area contributed by atoms with Crippen LogP contribution in [0.15, 0.2) is 24.3 Å². The summed E-state index contributed by atoms with van der Waals surface area (Å²) < 4.78 is 7.28. The van der Waals surface area contributed by atoms with Crippen LogP contribution in [0.3, 0.4) is 0 Å². The van der Waals surface area contributed by atoms with Gasteiger partial charge in [0, 0.05) is 0 Å². The first kappa shape index (κ1) is 14.5. The molecule has 0 amide bonds. The van der Waals surface area contributed by atoms with Crippen molar-refractivity contribution < 1.29 is 14.9 Å². The number of aromatic nitrogens is 3. The summed E-state index contributed by atoms with van der Waals surface area (Å²) >= 11 is 0. The molecule has 0 saturated carbocycles. The van der Waals surface area contributed by atoms with E-state index in [1.165, 1.54) is 5.56 Å². The Labute approximate surface area is 117 Å². The standard InChI is InChI=1S/C14H19N3O3/c1-2-11-4-3-5-12(8-11)20-10-14-13(9-19)15-16-17(14)6-7-18/h3-5,8,18-19H,2,6-7,9-10H2,1H3. The van der Waals surface area contributed by atoms with E-state index in [2.05, 4.69) is 17.2 Å². The second-order valence-electron chi connectivity index (χ2n) is 4.38. The average Bonchev–Trinajstić information content (AvgIpc) is 2.88. The molecule has 0 atom stereocenters. The summed E-state index contributed by atoms with van der Waals surface area (Å²) in [4.78, 5) is 0. The fourth-order valence-corrected chi connectivity index (χ4v) is 1.93. The number of nitrogens with zero attached hydrogens (tertiary/aromatic N) is 3. The van der Waals surface area contributed by atoms with E-state index in [1.807, 2.05) is 24.3 Å². The number of aryl methyl sites for hydroxylation is 1. The molecule has 0 radical (unpaired) electrons. The fraction of sp³-hybridized carbons (Fsp3) is 0.429. The Balaban J connectivity index is 2.11. The molecule has 0 spiro atoms. The average molecular weight is 277 g/mol. The van der Waals surface area contributed by atoms with Crippen LogP contribution in [-0.4, -0.2) is 31.8 Å². The van der Waals surface area contributed by atoms with E-state index in [-0.39, 0.29) is 19.8 Å². The molecule has 0 aliphatic carbocycles. The van der Waals surface area contributed by atoms with Crippen LogP contribution < -0.4 is 4.74 Å². The summed E-state index contributed by atoms with van der Waals surface area (Å²) in [5.74, 6) is 0.769. The number of rotatable bonds is 7. The molecule has 0 aliphatic heterocycles. The van der Waals surface area contributed by atoms with Crippen molar-refractivity contribution in [1.29, 1.82) is 0 Å². The van der Waals surface area contributed by atoms with E-state index in [4.69, 9.17) is 9.84 Å². The number of hydrogen-bond acceptors (Lipinski definition) is 5. The SMILES string of the molecule is CCc1cccc(OCc2c(CO)nnn2CCO)c1. The molecular weight excluding hydrogens is 258 g/mol.